The summed E-state index contributed by atoms with van der Waals surface area (Å²) in [6, 6.07) is 10.8. The van der Waals surface area contributed by atoms with E-state index in [2.05, 4.69) is 4.98 Å². The summed E-state index contributed by atoms with van der Waals surface area (Å²) < 4.78 is 9.83. The summed E-state index contributed by atoms with van der Waals surface area (Å²) in [7, 11) is 2.96. The lowest BCUT2D eigenvalue weighted by atomic mass is 10.1. The van der Waals surface area contributed by atoms with Gasteiger partial charge < -0.3 is 9.47 Å². The first-order valence-corrected chi connectivity index (χ1v) is 5.44. The summed E-state index contributed by atoms with van der Waals surface area (Å²) in [4.78, 5) is 15.9. The number of methoxy groups -OCH3 is 2. The zero-order chi connectivity index (χ0) is 13.0. The van der Waals surface area contributed by atoms with Crippen LogP contribution in [-0.2, 0) is 4.74 Å². The maximum absolute atomic E-state index is 11.6. The number of aromatic nitrogens is 1. The molecule has 0 aliphatic rings. The van der Waals surface area contributed by atoms with E-state index in [1.165, 1.54) is 7.11 Å². The van der Waals surface area contributed by atoms with Gasteiger partial charge in [-0.3, -0.25) is 4.98 Å². The van der Waals surface area contributed by atoms with E-state index in [4.69, 9.17) is 9.47 Å². The minimum Gasteiger partial charge on any atom is -0.497 e. The van der Waals surface area contributed by atoms with Crippen LogP contribution in [0.25, 0.3) is 11.3 Å². The molecule has 0 aliphatic heterocycles. The molecule has 4 heteroatoms. The van der Waals surface area contributed by atoms with Crippen molar-refractivity contribution in [1.29, 1.82) is 0 Å². The average Bonchev–Trinajstić information content (AvgIpc) is 2.46. The van der Waals surface area contributed by atoms with E-state index in [1.807, 2.05) is 24.3 Å². The first-order chi connectivity index (χ1) is 8.76. The van der Waals surface area contributed by atoms with Gasteiger partial charge >= 0.3 is 5.97 Å². The van der Waals surface area contributed by atoms with Crippen molar-refractivity contribution in [2.45, 2.75) is 0 Å². The molecule has 2 aromatic rings. The highest BCUT2D eigenvalue weighted by molar-refractivity contribution is 5.95. The van der Waals surface area contributed by atoms with Crippen molar-refractivity contribution in [3.63, 3.8) is 0 Å². The van der Waals surface area contributed by atoms with Gasteiger partial charge in [0.05, 0.1) is 25.5 Å². The minimum atomic E-state index is -0.395. The quantitative estimate of drug-likeness (QED) is 0.777. The van der Waals surface area contributed by atoms with E-state index in [0.29, 0.717) is 11.3 Å². The Morgan fingerprint density at radius 1 is 1.11 bits per heavy atom. The SMILES string of the molecule is COC(=O)c1cccnc1-c1ccc(OC)cc1. The van der Waals surface area contributed by atoms with Crippen LogP contribution in [-0.4, -0.2) is 25.2 Å². The van der Waals surface area contributed by atoms with Gasteiger partial charge in [-0.25, -0.2) is 4.79 Å². The summed E-state index contributed by atoms with van der Waals surface area (Å²) in [6.07, 6.45) is 1.64. The second-order valence-electron chi connectivity index (χ2n) is 3.62. The van der Waals surface area contributed by atoms with Crippen molar-refractivity contribution in [2.75, 3.05) is 14.2 Å². The van der Waals surface area contributed by atoms with Crippen LogP contribution in [0.15, 0.2) is 42.6 Å². The Bertz CT molecular complexity index is 549. The molecule has 2 rings (SSSR count). The molecule has 0 N–H and O–H groups in total. The zero-order valence-electron chi connectivity index (χ0n) is 10.2. The molecule has 0 radical (unpaired) electrons. The monoisotopic (exact) mass is 243 g/mol. The van der Waals surface area contributed by atoms with E-state index in [0.717, 1.165) is 11.3 Å². The topological polar surface area (TPSA) is 48.4 Å². The van der Waals surface area contributed by atoms with E-state index in [-0.39, 0.29) is 0 Å². The Labute approximate surface area is 105 Å². The molecule has 0 amide bonds. The number of carbonyl (C=O) groups is 1. The molecule has 1 heterocycles. The second kappa shape index (κ2) is 5.31. The smallest absolute Gasteiger partial charge is 0.340 e. The van der Waals surface area contributed by atoms with Crippen molar-refractivity contribution >= 4 is 5.97 Å². The molecule has 0 spiro atoms. The summed E-state index contributed by atoms with van der Waals surface area (Å²) in [6.45, 7) is 0. The highest BCUT2D eigenvalue weighted by atomic mass is 16.5. The number of carbonyl (C=O) groups excluding carboxylic acids is 1. The molecule has 0 bridgehead atoms. The third kappa shape index (κ3) is 2.32. The Kier molecular flexibility index (Phi) is 3.57. The molecule has 0 saturated heterocycles. The number of pyridine rings is 1. The molecule has 1 aromatic carbocycles. The van der Waals surface area contributed by atoms with E-state index in [1.54, 1.807) is 25.4 Å². The Hall–Kier alpha value is -2.36. The summed E-state index contributed by atoms with van der Waals surface area (Å²) in [5.74, 6) is 0.364. The fourth-order valence-corrected chi connectivity index (χ4v) is 1.66. The van der Waals surface area contributed by atoms with Crippen molar-refractivity contribution in [2.24, 2.45) is 0 Å². The van der Waals surface area contributed by atoms with Crippen molar-refractivity contribution in [3.05, 3.63) is 48.2 Å². The molecule has 0 fully saturated rings. The molecular formula is C14H13NO3. The Morgan fingerprint density at radius 2 is 1.83 bits per heavy atom. The van der Waals surface area contributed by atoms with E-state index in [9.17, 15) is 4.79 Å². The van der Waals surface area contributed by atoms with E-state index < -0.39 is 5.97 Å². The van der Waals surface area contributed by atoms with Crippen molar-refractivity contribution in [3.8, 4) is 17.0 Å². The first-order valence-electron chi connectivity index (χ1n) is 5.44. The lowest BCUT2D eigenvalue weighted by Gasteiger charge is -2.07. The molecule has 0 saturated carbocycles. The summed E-state index contributed by atoms with van der Waals surface area (Å²) in [5, 5.41) is 0. The third-order valence-corrected chi connectivity index (χ3v) is 2.58. The van der Waals surface area contributed by atoms with Crippen LogP contribution in [0.1, 0.15) is 10.4 Å². The maximum Gasteiger partial charge on any atom is 0.340 e. The van der Waals surface area contributed by atoms with Gasteiger partial charge in [-0.1, -0.05) is 0 Å². The Balaban J connectivity index is 2.46. The maximum atomic E-state index is 11.6. The molecule has 18 heavy (non-hydrogen) atoms. The first kappa shape index (κ1) is 12.1. The number of benzene rings is 1. The van der Waals surface area contributed by atoms with Gasteiger partial charge in [0, 0.05) is 11.8 Å². The van der Waals surface area contributed by atoms with Crippen molar-refractivity contribution in [1.82, 2.24) is 4.98 Å². The van der Waals surface area contributed by atoms with Crippen LogP contribution >= 0.6 is 0 Å². The van der Waals surface area contributed by atoms with Gasteiger partial charge in [0.1, 0.15) is 5.75 Å². The normalized spacial score (nSPS) is 9.89. The van der Waals surface area contributed by atoms with Gasteiger partial charge in [-0.2, -0.15) is 0 Å². The standard InChI is InChI=1S/C14H13NO3/c1-17-11-7-5-10(6-8-11)13-12(14(16)18-2)4-3-9-15-13/h3-9H,1-2H3. The van der Waals surface area contributed by atoms with Gasteiger partial charge in [-0.15, -0.1) is 0 Å². The lowest BCUT2D eigenvalue weighted by molar-refractivity contribution is 0.0601. The molecule has 0 unspecified atom stereocenters. The van der Waals surface area contributed by atoms with Crippen LogP contribution in [0.2, 0.25) is 0 Å². The largest absolute Gasteiger partial charge is 0.497 e. The number of ether oxygens (including phenoxy) is 2. The predicted molar refractivity (Wildman–Crippen MR) is 67.6 cm³/mol. The van der Waals surface area contributed by atoms with Crippen LogP contribution in [0.5, 0.6) is 5.75 Å². The average molecular weight is 243 g/mol. The lowest BCUT2D eigenvalue weighted by Crippen LogP contribution is -2.04. The Morgan fingerprint density at radius 3 is 2.44 bits per heavy atom. The minimum absolute atomic E-state index is 0.395. The fourth-order valence-electron chi connectivity index (χ4n) is 1.66. The fraction of sp³-hybridized carbons (Fsp3) is 0.143. The summed E-state index contributed by atoms with van der Waals surface area (Å²) in [5.41, 5.74) is 1.90. The van der Waals surface area contributed by atoms with Crippen LogP contribution in [0.3, 0.4) is 0 Å². The van der Waals surface area contributed by atoms with Crippen LogP contribution < -0.4 is 4.74 Å². The molecular weight excluding hydrogens is 230 g/mol. The van der Waals surface area contributed by atoms with Gasteiger partial charge in [0.25, 0.3) is 0 Å². The highest BCUT2D eigenvalue weighted by Gasteiger charge is 2.13. The third-order valence-electron chi connectivity index (χ3n) is 2.58. The molecule has 4 nitrogen and oxygen atoms in total. The van der Waals surface area contributed by atoms with Gasteiger partial charge in [0.15, 0.2) is 0 Å². The van der Waals surface area contributed by atoms with Crippen molar-refractivity contribution < 1.29 is 14.3 Å². The molecule has 1 aromatic heterocycles. The zero-order valence-corrected chi connectivity index (χ0v) is 10.2. The van der Waals surface area contributed by atoms with Crippen LogP contribution in [0.4, 0.5) is 0 Å². The van der Waals surface area contributed by atoms with E-state index >= 15 is 0 Å². The number of rotatable bonds is 3. The highest BCUT2D eigenvalue weighted by Crippen LogP contribution is 2.24. The number of esters is 1. The second-order valence-corrected chi connectivity index (χ2v) is 3.62. The molecule has 0 atom stereocenters. The molecule has 0 aliphatic carbocycles. The number of nitrogens with zero attached hydrogens (tertiary/aromatic N) is 1. The summed E-state index contributed by atoms with van der Waals surface area (Å²) >= 11 is 0. The predicted octanol–water partition coefficient (Wildman–Crippen LogP) is 2.54. The number of hydrogen-bond donors (Lipinski definition) is 0. The number of hydrogen-bond acceptors (Lipinski definition) is 4. The molecule has 92 valence electrons. The van der Waals surface area contributed by atoms with Gasteiger partial charge in [-0.05, 0) is 36.4 Å². The van der Waals surface area contributed by atoms with Gasteiger partial charge in [0.2, 0.25) is 0 Å². The van der Waals surface area contributed by atoms with Crippen LogP contribution in [0, 0.1) is 0 Å².